The summed E-state index contributed by atoms with van der Waals surface area (Å²) in [5.74, 6) is -2.32. The fourth-order valence-electron chi connectivity index (χ4n) is 2.34. The van der Waals surface area contributed by atoms with Gasteiger partial charge in [0.1, 0.15) is 11.6 Å². The lowest BCUT2D eigenvalue weighted by molar-refractivity contribution is -0.114. The molecule has 1 aliphatic rings. The second-order valence-electron chi connectivity index (χ2n) is 4.64. The molecular weight excluding hydrogens is 297 g/mol. The van der Waals surface area contributed by atoms with Crippen molar-refractivity contribution in [1.29, 1.82) is 0 Å². The first-order valence-corrected chi connectivity index (χ1v) is 6.49. The van der Waals surface area contributed by atoms with Crippen LogP contribution >= 0.6 is 11.6 Å². The Morgan fingerprint density at radius 2 is 1.95 bits per heavy atom. The van der Waals surface area contributed by atoms with Crippen LogP contribution < -0.4 is 4.90 Å². The maximum atomic E-state index is 14.0. The molecule has 1 heterocycles. The number of hydrogen-bond acceptors (Lipinski definition) is 3. The Balaban J connectivity index is 2.08. The smallest absolute Gasteiger partial charge is 0.299 e. The van der Waals surface area contributed by atoms with E-state index in [1.54, 1.807) is 12.1 Å². The third-order valence-electron chi connectivity index (χ3n) is 3.27. The first-order chi connectivity index (χ1) is 9.99. The molecule has 0 unspecified atom stereocenters. The van der Waals surface area contributed by atoms with Crippen LogP contribution in [0.15, 0.2) is 36.4 Å². The van der Waals surface area contributed by atoms with E-state index in [1.165, 1.54) is 18.2 Å². The van der Waals surface area contributed by atoms with Crippen LogP contribution in [-0.4, -0.2) is 16.8 Å². The Bertz CT molecular complexity index is 776. The highest BCUT2D eigenvalue weighted by Gasteiger charge is 2.39. The minimum absolute atomic E-state index is 0.0246. The van der Waals surface area contributed by atoms with Gasteiger partial charge in [-0.25, -0.2) is 4.39 Å². The molecule has 0 aliphatic carbocycles. The number of aromatic hydroxyl groups is 1. The fourth-order valence-corrected chi connectivity index (χ4v) is 2.58. The van der Waals surface area contributed by atoms with Crippen molar-refractivity contribution in [2.24, 2.45) is 0 Å². The SMILES string of the molecule is O=C1C(=O)N(Cc2cccc(O)c2)c2c(F)ccc(Cl)c21. The molecule has 106 valence electrons. The van der Waals surface area contributed by atoms with E-state index in [1.807, 2.05) is 0 Å². The van der Waals surface area contributed by atoms with E-state index in [9.17, 15) is 19.1 Å². The van der Waals surface area contributed by atoms with Crippen LogP contribution in [0.1, 0.15) is 15.9 Å². The summed E-state index contributed by atoms with van der Waals surface area (Å²) in [5, 5.41) is 9.48. The highest BCUT2D eigenvalue weighted by molar-refractivity contribution is 6.55. The van der Waals surface area contributed by atoms with Gasteiger partial charge in [0, 0.05) is 0 Å². The standard InChI is InChI=1S/C15H9ClFNO3/c16-10-4-5-11(17)13-12(10)14(20)15(21)18(13)7-8-2-1-3-9(19)6-8/h1-6,19H,7H2. The van der Waals surface area contributed by atoms with Gasteiger partial charge in [-0.1, -0.05) is 23.7 Å². The number of halogens is 2. The predicted octanol–water partition coefficient (Wildman–Crippen LogP) is 2.91. The summed E-state index contributed by atoms with van der Waals surface area (Å²) < 4.78 is 14.0. The van der Waals surface area contributed by atoms with Gasteiger partial charge >= 0.3 is 0 Å². The summed E-state index contributed by atoms with van der Waals surface area (Å²) in [5.41, 5.74) is 0.353. The number of anilines is 1. The molecule has 0 radical (unpaired) electrons. The van der Waals surface area contributed by atoms with E-state index in [0.717, 1.165) is 11.0 Å². The third-order valence-corrected chi connectivity index (χ3v) is 3.58. The monoisotopic (exact) mass is 305 g/mol. The highest BCUT2D eigenvalue weighted by Crippen LogP contribution is 2.37. The Hall–Kier alpha value is -2.40. The number of rotatable bonds is 2. The van der Waals surface area contributed by atoms with E-state index in [0.29, 0.717) is 5.56 Å². The van der Waals surface area contributed by atoms with E-state index >= 15 is 0 Å². The van der Waals surface area contributed by atoms with Crippen LogP contribution in [0.25, 0.3) is 0 Å². The molecule has 0 bridgehead atoms. The van der Waals surface area contributed by atoms with Gasteiger partial charge < -0.3 is 5.11 Å². The van der Waals surface area contributed by atoms with Crippen LogP contribution in [0.4, 0.5) is 10.1 Å². The number of phenols is 1. The van der Waals surface area contributed by atoms with Crippen molar-refractivity contribution in [3.8, 4) is 5.75 Å². The topological polar surface area (TPSA) is 57.6 Å². The average molecular weight is 306 g/mol. The van der Waals surface area contributed by atoms with Crippen molar-refractivity contribution in [2.75, 3.05) is 4.90 Å². The Morgan fingerprint density at radius 1 is 1.19 bits per heavy atom. The number of Topliss-reactive ketones (excluding diaryl/α,β-unsaturated/α-hetero) is 1. The molecule has 1 amide bonds. The first-order valence-electron chi connectivity index (χ1n) is 6.11. The number of fused-ring (bicyclic) bond motifs is 1. The lowest BCUT2D eigenvalue weighted by atomic mass is 10.1. The zero-order chi connectivity index (χ0) is 15.1. The largest absolute Gasteiger partial charge is 0.508 e. The van der Waals surface area contributed by atoms with Gasteiger partial charge in [0.15, 0.2) is 0 Å². The zero-order valence-electron chi connectivity index (χ0n) is 10.6. The molecule has 2 aromatic rings. The summed E-state index contributed by atoms with van der Waals surface area (Å²) in [6.07, 6.45) is 0. The first kappa shape index (κ1) is 13.6. The van der Waals surface area contributed by atoms with Gasteiger partial charge in [0.05, 0.1) is 22.8 Å². The van der Waals surface area contributed by atoms with Crippen LogP contribution in [0.5, 0.6) is 5.75 Å². The number of amides is 1. The van der Waals surface area contributed by atoms with Gasteiger partial charge in [-0.05, 0) is 29.8 Å². The zero-order valence-corrected chi connectivity index (χ0v) is 11.4. The minimum Gasteiger partial charge on any atom is -0.508 e. The molecule has 4 nitrogen and oxygen atoms in total. The van der Waals surface area contributed by atoms with E-state index in [4.69, 9.17) is 11.6 Å². The number of hydrogen-bond donors (Lipinski definition) is 1. The summed E-state index contributed by atoms with van der Waals surface area (Å²) in [7, 11) is 0. The van der Waals surface area contributed by atoms with Crippen molar-refractivity contribution in [2.45, 2.75) is 6.54 Å². The van der Waals surface area contributed by atoms with Gasteiger partial charge in [-0.15, -0.1) is 0 Å². The third kappa shape index (κ3) is 2.15. The second kappa shape index (κ2) is 4.86. The van der Waals surface area contributed by atoms with Crippen LogP contribution in [0, 0.1) is 5.82 Å². The second-order valence-corrected chi connectivity index (χ2v) is 5.05. The Morgan fingerprint density at radius 3 is 2.67 bits per heavy atom. The molecule has 0 spiro atoms. The average Bonchev–Trinajstić information content (AvgIpc) is 2.69. The molecule has 0 saturated carbocycles. The summed E-state index contributed by atoms with van der Waals surface area (Å²) in [6, 6.07) is 8.55. The molecule has 0 aromatic heterocycles. The van der Waals surface area contributed by atoms with Crippen molar-refractivity contribution in [1.82, 2.24) is 0 Å². The minimum atomic E-state index is -0.833. The lowest BCUT2D eigenvalue weighted by Crippen LogP contribution is -2.29. The predicted molar refractivity (Wildman–Crippen MR) is 75.0 cm³/mol. The van der Waals surface area contributed by atoms with Gasteiger partial charge in [0.25, 0.3) is 11.7 Å². The molecule has 0 saturated heterocycles. The van der Waals surface area contributed by atoms with Crippen LogP contribution in [0.3, 0.4) is 0 Å². The van der Waals surface area contributed by atoms with Crippen molar-refractivity contribution >= 4 is 29.0 Å². The number of nitrogens with zero attached hydrogens (tertiary/aromatic N) is 1. The molecule has 1 aliphatic heterocycles. The molecule has 21 heavy (non-hydrogen) atoms. The van der Waals surface area contributed by atoms with E-state index in [2.05, 4.69) is 0 Å². The molecule has 6 heteroatoms. The van der Waals surface area contributed by atoms with Gasteiger partial charge in [0.2, 0.25) is 0 Å². The number of carbonyl (C=O) groups excluding carboxylic acids is 2. The number of carbonyl (C=O) groups is 2. The number of benzene rings is 2. The molecule has 2 aromatic carbocycles. The summed E-state index contributed by atoms with van der Waals surface area (Å²) in [4.78, 5) is 25.0. The van der Waals surface area contributed by atoms with Gasteiger partial charge in [-0.2, -0.15) is 0 Å². The van der Waals surface area contributed by atoms with Crippen LogP contribution in [-0.2, 0) is 11.3 Å². The van der Waals surface area contributed by atoms with E-state index in [-0.39, 0.29) is 28.6 Å². The maximum Gasteiger partial charge on any atom is 0.299 e. The fraction of sp³-hybridized carbons (Fsp3) is 0.0667. The highest BCUT2D eigenvalue weighted by atomic mass is 35.5. The number of phenolic OH excluding ortho intramolecular Hbond substituents is 1. The van der Waals surface area contributed by atoms with Gasteiger partial charge in [-0.3, -0.25) is 14.5 Å². The van der Waals surface area contributed by atoms with Crippen LogP contribution in [0.2, 0.25) is 5.02 Å². The normalized spacial score (nSPS) is 13.7. The Labute approximate surface area is 124 Å². The van der Waals surface area contributed by atoms with E-state index < -0.39 is 17.5 Å². The van der Waals surface area contributed by atoms with Crippen molar-refractivity contribution in [3.63, 3.8) is 0 Å². The molecule has 0 atom stereocenters. The molecule has 0 fully saturated rings. The molecule has 3 rings (SSSR count). The Kier molecular flexibility index (Phi) is 3.14. The summed E-state index contributed by atoms with van der Waals surface area (Å²) >= 11 is 5.89. The lowest BCUT2D eigenvalue weighted by Gasteiger charge is -2.17. The molecule has 1 N–H and O–H groups in total. The summed E-state index contributed by atoms with van der Waals surface area (Å²) in [6.45, 7) is -0.0246. The van der Waals surface area contributed by atoms with Crippen molar-refractivity contribution in [3.05, 3.63) is 58.4 Å². The quantitative estimate of drug-likeness (QED) is 0.868. The number of ketones is 1. The molecular formula is C15H9ClFNO3. The van der Waals surface area contributed by atoms with Crippen molar-refractivity contribution < 1.29 is 19.1 Å². The maximum absolute atomic E-state index is 14.0.